The average Bonchev–Trinajstić information content (AvgIpc) is 2.89. The predicted molar refractivity (Wildman–Crippen MR) is 77.6 cm³/mol. The summed E-state index contributed by atoms with van der Waals surface area (Å²) >= 11 is 0. The van der Waals surface area contributed by atoms with Gasteiger partial charge in [0, 0.05) is 12.1 Å². The molecule has 0 radical (unpaired) electrons. The number of carbonyl (C=O) groups excluding carboxylic acids is 1. The first-order chi connectivity index (χ1) is 9.47. The molecule has 1 heterocycles. The molecule has 2 aromatic rings. The summed E-state index contributed by atoms with van der Waals surface area (Å²) in [5.74, 6) is 0.593. The number of aliphatic hydroxyl groups excluding tert-OH is 1. The molecule has 0 spiro atoms. The first kappa shape index (κ1) is 14.3. The lowest BCUT2D eigenvalue weighted by Crippen LogP contribution is -2.30. The van der Waals surface area contributed by atoms with Gasteiger partial charge in [-0.05, 0) is 50.1 Å². The Kier molecular flexibility index (Phi) is 4.25. The van der Waals surface area contributed by atoms with Gasteiger partial charge in [0.05, 0.1) is 6.10 Å². The highest BCUT2D eigenvalue weighted by Gasteiger charge is 2.12. The zero-order chi connectivity index (χ0) is 14.7. The van der Waals surface area contributed by atoms with Crippen LogP contribution >= 0.6 is 0 Å². The minimum absolute atomic E-state index is 0.207. The van der Waals surface area contributed by atoms with Gasteiger partial charge in [-0.25, -0.2) is 0 Å². The van der Waals surface area contributed by atoms with Gasteiger partial charge in [-0.3, -0.25) is 4.79 Å². The van der Waals surface area contributed by atoms with Crippen LogP contribution in [-0.2, 0) is 0 Å². The van der Waals surface area contributed by atoms with Crippen molar-refractivity contribution in [2.45, 2.75) is 26.9 Å². The zero-order valence-corrected chi connectivity index (χ0v) is 11.9. The first-order valence-electron chi connectivity index (χ1n) is 6.61. The maximum Gasteiger partial charge on any atom is 0.287 e. The van der Waals surface area contributed by atoms with Gasteiger partial charge in [0.1, 0.15) is 5.76 Å². The van der Waals surface area contributed by atoms with Crippen LogP contribution in [0.4, 0.5) is 0 Å². The summed E-state index contributed by atoms with van der Waals surface area (Å²) in [4.78, 5) is 11.8. The Bertz CT molecular complexity index is 614. The number of hydrogen-bond donors (Lipinski definition) is 2. The lowest BCUT2D eigenvalue weighted by Gasteiger charge is -2.05. The van der Waals surface area contributed by atoms with E-state index in [2.05, 4.69) is 12.2 Å². The molecule has 1 amide bonds. The zero-order valence-electron chi connectivity index (χ0n) is 11.9. The molecule has 1 unspecified atom stereocenters. The van der Waals surface area contributed by atoms with E-state index in [1.807, 2.05) is 25.1 Å². The van der Waals surface area contributed by atoms with Crippen LogP contribution in [-0.4, -0.2) is 23.7 Å². The monoisotopic (exact) mass is 273 g/mol. The van der Waals surface area contributed by atoms with Crippen molar-refractivity contribution in [2.75, 3.05) is 6.54 Å². The molecule has 2 rings (SSSR count). The van der Waals surface area contributed by atoms with Gasteiger partial charge >= 0.3 is 0 Å². The Morgan fingerprint density at radius 3 is 2.65 bits per heavy atom. The minimum atomic E-state index is -0.576. The van der Waals surface area contributed by atoms with Crippen molar-refractivity contribution in [3.05, 3.63) is 47.2 Å². The molecule has 0 saturated heterocycles. The molecule has 2 N–H and O–H groups in total. The Balaban J connectivity index is 2.16. The fourth-order valence-corrected chi connectivity index (χ4v) is 1.84. The van der Waals surface area contributed by atoms with Crippen molar-refractivity contribution in [1.82, 2.24) is 5.32 Å². The maximum atomic E-state index is 11.8. The molecule has 106 valence electrons. The van der Waals surface area contributed by atoms with Gasteiger partial charge < -0.3 is 14.8 Å². The predicted octanol–water partition coefficient (Wildman–Crippen LogP) is 2.67. The molecule has 4 heteroatoms. The van der Waals surface area contributed by atoms with Crippen molar-refractivity contribution in [1.29, 1.82) is 0 Å². The van der Waals surface area contributed by atoms with Crippen LogP contribution in [0, 0.1) is 13.8 Å². The van der Waals surface area contributed by atoms with Crippen LogP contribution < -0.4 is 5.32 Å². The summed E-state index contributed by atoms with van der Waals surface area (Å²) in [6.07, 6.45) is -0.576. The Morgan fingerprint density at radius 1 is 1.25 bits per heavy atom. The Hall–Kier alpha value is -2.07. The third-order valence-corrected chi connectivity index (χ3v) is 3.18. The molecule has 1 aromatic carbocycles. The summed E-state index contributed by atoms with van der Waals surface area (Å²) in [5, 5.41) is 11.7. The van der Waals surface area contributed by atoms with E-state index in [9.17, 15) is 4.79 Å². The second-order valence-electron chi connectivity index (χ2n) is 5.02. The van der Waals surface area contributed by atoms with Gasteiger partial charge in [-0.1, -0.05) is 12.1 Å². The number of aliphatic hydroxyl groups is 1. The molecule has 0 aliphatic rings. The van der Waals surface area contributed by atoms with Crippen LogP contribution in [0.25, 0.3) is 11.3 Å². The Labute approximate surface area is 118 Å². The summed E-state index contributed by atoms with van der Waals surface area (Å²) in [6, 6.07) is 9.45. The standard InChI is InChI=1S/C16H19NO3/c1-10-4-5-13(8-11(10)2)14-6-7-15(20-14)16(19)17-9-12(3)18/h4-8,12,18H,9H2,1-3H3,(H,17,19). The highest BCUT2D eigenvalue weighted by Crippen LogP contribution is 2.24. The summed E-state index contributed by atoms with van der Waals surface area (Å²) in [5.41, 5.74) is 3.34. The normalized spacial score (nSPS) is 12.2. The van der Waals surface area contributed by atoms with Crippen LogP contribution in [0.2, 0.25) is 0 Å². The maximum absolute atomic E-state index is 11.8. The van der Waals surface area contributed by atoms with Gasteiger partial charge in [0.25, 0.3) is 5.91 Å². The van der Waals surface area contributed by atoms with Crippen LogP contribution in [0.15, 0.2) is 34.7 Å². The van der Waals surface area contributed by atoms with E-state index in [4.69, 9.17) is 9.52 Å². The number of carbonyl (C=O) groups is 1. The fraction of sp³-hybridized carbons (Fsp3) is 0.312. The first-order valence-corrected chi connectivity index (χ1v) is 6.61. The van der Waals surface area contributed by atoms with E-state index in [1.165, 1.54) is 11.1 Å². The lowest BCUT2D eigenvalue weighted by molar-refractivity contribution is 0.0897. The van der Waals surface area contributed by atoms with Gasteiger partial charge in [-0.15, -0.1) is 0 Å². The number of nitrogens with one attached hydrogen (secondary N) is 1. The minimum Gasteiger partial charge on any atom is -0.451 e. The summed E-state index contributed by atoms with van der Waals surface area (Å²) < 4.78 is 5.56. The van der Waals surface area contributed by atoms with Crippen molar-refractivity contribution in [3.63, 3.8) is 0 Å². The molecular formula is C16H19NO3. The van der Waals surface area contributed by atoms with Crippen LogP contribution in [0.5, 0.6) is 0 Å². The van der Waals surface area contributed by atoms with Crippen LogP contribution in [0.1, 0.15) is 28.6 Å². The quantitative estimate of drug-likeness (QED) is 0.900. The molecule has 4 nitrogen and oxygen atoms in total. The fourth-order valence-electron chi connectivity index (χ4n) is 1.84. The molecule has 0 saturated carbocycles. The Morgan fingerprint density at radius 2 is 2.00 bits per heavy atom. The second-order valence-corrected chi connectivity index (χ2v) is 5.02. The highest BCUT2D eigenvalue weighted by molar-refractivity contribution is 5.92. The average molecular weight is 273 g/mol. The second kappa shape index (κ2) is 5.92. The smallest absolute Gasteiger partial charge is 0.287 e. The molecule has 0 bridgehead atoms. The van der Waals surface area contributed by atoms with E-state index in [0.717, 1.165) is 5.56 Å². The van der Waals surface area contributed by atoms with Gasteiger partial charge in [0.2, 0.25) is 0 Å². The highest BCUT2D eigenvalue weighted by atomic mass is 16.4. The third kappa shape index (κ3) is 3.27. The number of benzene rings is 1. The van der Waals surface area contributed by atoms with Crippen molar-refractivity contribution >= 4 is 5.91 Å². The van der Waals surface area contributed by atoms with E-state index in [1.54, 1.807) is 19.1 Å². The number of hydrogen-bond acceptors (Lipinski definition) is 3. The number of aryl methyl sites for hydroxylation is 2. The summed E-state index contributed by atoms with van der Waals surface area (Å²) in [7, 11) is 0. The van der Waals surface area contributed by atoms with Crippen molar-refractivity contribution in [3.8, 4) is 11.3 Å². The SMILES string of the molecule is Cc1ccc(-c2ccc(C(=O)NCC(C)O)o2)cc1C. The lowest BCUT2D eigenvalue weighted by atomic mass is 10.1. The van der Waals surface area contributed by atoms with E-state index in [0.29, 0.717) is 5.76 Å². The number of furan rings is 1. The molecular weight excluding hydrogens is 254 g/mol. The number of amides is 1. The van der Waals surface area contributed by atoms with Crippen molar-refractivity contribution in [2.24, 2.45) is 0 Å². The van der Waals surface area contributed by atoms with E-state index in [-0.39, 0.29) is 18.2 Å². The molecule has 0 aliphatic heterocycles. The third-order valence-electron chi connectivity index (χ3n) is 3.18. The largest absolute Gasteiger partial charge is 0.451 e. The van der Waals surface area contributed by atoms with Crippen LogP contribution in [0.3, 0.4) is 0 Å². The summed E-state index contributed by atoms with van der Waals surface area (Å²) in [6.45, 7) is 5.91. The van der Waals surface area contributed by atoms with E-state index < -0.39 is 6.10 Å². The topological polar surface area (TPSA) is 62.5 Å². The van der Waals surface area contributed by atoms with Gasteiger partial charge in [-0.2, -0.15) is 0 Å². The molecule has 1 atom stereocenters. The van der Waals surface area contributed by atoms with Crippen molar-refractivity contribution < 1.29 is 14.3 Å². The molecule has 1 aromatic heterocycles. The van der Waals surface area contributed by atoms with Gasteiger partial charge in [0.15, 0.2) is 5.76 Å². The number of rotatable bonds is 4. The molecule has 0 aliphatic carbocycles. The molecule has 0 fully saturated rings. The van der Waals surface area contributed by atoms with E-state index >= 15 is 0 Å². The molecule has 20 heavy (non-hydrogen) atoms.